The lowest BCUT2D eigenvalue weighted by Crippen LogP contribution is -2.47. The number of nitrogens with one attached hydrogen (secondary N) is 1. The van der Waals surface area contributed by atoms with Gasteiger partial charge in [-0.2, -0.15) is 11.8 Å². The van der Waals surface area contributed by atoms with Gasteiger partial charge in [-0.1, -0.05) is 6.92 Å². The van der Waals surface area contributed by atoms with Crippen molar-refractivity contribution in [3.8, 4) is 0 Å². The summed E-state index contributed by atoms with van der Waals surface area (Å²) in [6.45, 7) is 3.11. The first kappa shape index (κ1) is 12.7. The molecule has 1 heterocycles. The Labute approximate surface area is 104 Å². The number of thioether (sulfide) groups is 1. The van der Waals surface area contributed by atoms with Gasteiger partial charge in [-0.15, -0.1) is 0 Å². The highest BCUT2D eigenvalue weighted by Crippen LogP contribution is 2.31. The summed E-state index contributed by atoms with van der Waals surface area (Å²) < 4.78 is 0. The molecule has 94 valence electrons. The van der Waals surface area contributed by atoms with E-state index in [1.54, 1.807) is 0 Å². The van der Waals surface area contributed by atoms with Crippen molar-refractivity contribution in [1.29, 1.82) is 0 Å². The van der Waals surface area contributed by atoms with Crippen LogP contribution in [0.25, 0.3) is 0 Å². The van der Waals surface area contributed by atoms with E-state index in [2.05, 4.69) is 12.2 Å². The molecular weight excluding hydrogens is 218 g/mol. The van der Waals surface area contributed by atoms with E-state index in [-0.39, 0.29) is 0 Å². The van der Waals surface area contributed by atoms with Gasteiger partial charge in [0.2, 0.25) is 0 Å². The van der Waals surface area contributed by atoms with E-state index in [9.17, 15) is 5.11 Å². The predicted octanol–water partition coefficient (Wildman–Crippen LogP) is 2.41. The highest BCUT2D eigenvalue weighted by molar-refractivity contribution is 7.99. The predicted molar refractivity (Wildman–Crippen MR) is 70.9 cm³/mol. The van der Waals surface area contributed by atoms with Crippen molar-refractivity contribution in [2.45, 2.75) is 57.1 Å². The molecule has 1 atom stereocenters. The summed E-state index contributed by atoms with van der Waals surface area (Å²) in [4.78, 5) is 0. The Morgan fingerprint density at radius 3 is 2.69 bits per heavy atom. The molecule has 0 aromatic rings. The fraction of sp³-hybridized carbons (Fsp3) is 1.00. The molecule has 3 heteroatoms. The van der Waals surface area contributed by atoms with Crippen molar-refractivity contribution in [3.05, 3.63) is 0 Å². The second-order valence-corrected chi connectivity index (χ2v) is 6.85. The minimum atomic E-state index is -0.408. The molecule has 0 spiro atoms. The third-order valence-electron chi connectivity index (χ3n) is 4.09. The molecule has 0 bridgehead atoms. The molecule has 0 radical (unpaired) electrons. The topological polar surface area (TPSA) is 32.3 Å². The summed E-state index contributed by atoms with van der Waals surface area (Å²) in [5, 5.41) is 14.0. The van der Waals surface area contributed by atoms with Gasteiger partial charge >= 0.3 is 0 Å². The van der Waals surface area contributed by atoms with Crippen LogP contribution in [0.1, 0.15) is 45.4 Å². The fourth-order valence-corrected chi connectivity index (χ4v) is 3.82. The molecule has 0 aromatic carbocycles. The highest BCUT2D eigenvalue weighted by Gasteiger charge is 2.32. The van der Waals surface area contributed by atoms with Crippen LogP contribution in [-0.4, -0.2) is 34.8 Å². The standard InChI is InChI=1S/C13H25NOS/c1-11-4-6-13(15,7-5-11)10-14-12-3-2-8-16-9-12/h11-12,14-15H,2-10H2,1H3. The molecule has 2 rings (SSSR count). The Bertz CT molecular complexity index is 208. The highest BCUT2D eigenvalue weighted by atomic mass is 32.2. The molecule has 1 saturated carbocycles. The van der Waals surface area contributed by atoms with Gasteiger partial charge in [0, 0.05) is 18.3 Å². The quantitative estimate of drug-likeness (QED) is 0.798. The first-order chi connectivity index (χ1) is 7.68. The Kier molecular flexibility index (Phi) is 4.57. The van der Waals surface area contributed by atoms with E-state index in [4.69, 9.17) is 0 Å². The Balaban J connectivity index is 1.71. The SMILES string of the molecule is CC1CCC(O)(CNC2CCCSC2)CC1. The van der Waals surface area contributed by atoms with E-state index in [0.29, 0.717) is 6.04 Å². The van der Waals surface area contributed by atoms with Gasteiger partial charge in [-0.3, -0.25) is 0 Å². The van der Waals surface area contributed by atoms with Gasteiger partial charge in [-0.05, 0) is 50.2 Å². The molecule has 2 N–H and O–H groups in total. The molecule has 1 unspecified atom stereocenters. The molecule has 0 aromatic heterocycles. The third kappa shape index (κ3) is 3.64. The third-order valence-corrected chi connectivity index (χ3v) is 5.30. The lowest BCUT2D eigenvalue weighted by atomic mass is 9.79. The zero-order valence-electron chi connectivity index (χ0n) is 10.4. The Hall–Kier alpha value is 0.270. The molecule has 2 aliphatic rings. The van der Waals surface area contributed by atoms with Crippen LogP contribution >= 0.6 is 11.8 Å². The summed E-state index contributed by atoms with van der Waals surface area (Å²) in [6, 6.07) is 0.641. The fourth-order valence-electron chi connectivity index (χ4n) is 2.71. The van der Waals surface area contributed by atoms with Crippen LogP contribution in [-0.2, 0) is 0 Å². The van der Waals surface area contributed by atoms with Crippen molar-refractivity contribution in [3.63, 3.8) is 0 Å². The van der Waals surface area contributed by atoms with Crippen LogP contribution in [0.15, 0.2) is 0 Å². The number of aliphatic hydroxyl groups is 1. The van der Waals surface area contributed by atoms with Crippen molar-refractivity contribution in [2.24, 2.45) is 5.92 Å². The maximum Gasteiger partial charge on any atom is 0.0771 e. The van der Waals surface area contributed by atoms with Crippen molar-refractivity contribution < 1.29 is 5.11 Å². The average Bonchev–Trinajstić information content (AvgIpc) is 2.33. The largest absolute Gasteiger partial charge is 0.389 e. The molecule has 2 nitrogen and oxygen atoms in total. The summed E-state index contributed by atoms with van der Waals surface area (Å²) in [5.74, 6) is 3.36. The zero-order valence-corrected chi connectivity index (χ0v) is 11.2. The van der Waals surface area contributed by atoms with Gasteiger partial charge in [-0.25, -0.2) is 0 Å². The van der Waals surface area contributed by atoms with Gasteiger partial charge in [0.1, 0.15) is 0 Å². The van der Waals surface area contributed by atoms with Crippen LogP contribution in [0.2, 0.25) is 0 Å². The lowest BCUT2D eigenvalue weighted by molar-refractivity contribution is -0.00790. The van der Waals surface area contributed by atoms with Crippen molar-refractivity contribution in [2.75, 3.05) is 18.1 Å². The second kappa shape index (κ2) is 5.74. The number of hydrogen-bond acceptors (Lipinski definition) is 3. The van der Waals surface area contributed by atoms with Crippen LogP contribution < -0.4 is 5.32 Å². The lowest BCUT2D eigenvalue weighted by Gasteiger charge is -2.36. The second-order valence-electron chi connectivity index (χ2n) is 5.70. The summed E-state index contributed by atoms with van der Waals surface area (Å²) >= 11 is 2.04. The van der Waals surface area contributed by atoms with Gasteiger partial charge < -0.3 is 10.4 Å². The molecule has 0 amide bonds. The summed E-state index contributed by atoms with van der Waals surface area (Å²) in [5.41, 5.74) is -0.408. The molecule has 1 aliphatic heterocycles. The monoisotopic (exact) mass is 243 g/mol. The molecule has 1 aliphatic carbocycles. The maximum atomic E-state index is 10.5. The first-order valence-corrected chi connectivity index (χ1v) is 7.87. The Morgan fingerprint density at radius 2 is 2.06 bits per heavy atom. The average molecular weight is 243 g/mol. The minimum absolute atomic E-state index is 0.408. The van der Waals surface area contributed by atoms with Crippen LogP contribution in [0.5, 0.6) is 0 Å². The minimum Gasteiger partial charge on any atom is -0.389 e. The molecule has 1 saturated heterocycles. The molecule has 2 fully saturated rings. The van der Waals surface area contributed by atoms with Crippen molar-refractivity contribution in [1.82, 2.24) is 5.32 Å². The van der Waals surface area contributed by atoms with Gasteiger partial charge in [0.05, 0.1) is 5.60 Å². The van der Waals surface area contributed by atoms with Gasteiger partial charge in [0.15, 0.2) is 0 Å². The van der Waals surface area contributed by atoms with E-state index in [0.717, 1.165) is 25.3 Å². The Morgan fingerprint density at radius 1 is 1.31 bits per heavy atom. The van der Waals surface area contributed by atoms with Gasteiger partial charge in [0.25, 0.3) is 0 Å². The number of rotatable bonds is 3. The van der Waals surface area contributed by atoms with E-state index < -0.39 is 5.60 Å². The number of hydrogen-bond donors (Lipinski definition) is 2. The van der Waals surface area contributed by atoms with Crippen molar-refractivity contribution >= 4 is 11.8 Å². The van der Waals surface area contributed by atoms with Crippen LogP contribution in [0.3, 0.4) is 0 Å². The summed E-state index contributed by atoms with van der Waals surface area (Å²) in [7, 11) is 0. The van der Waals surface area contributed by atoms with E-state index in [1.807, 2.05) is 11.8 Å². The van der Waals surface area contributed by atoms with Crippen LogP contribution in [0, 0.1) is 5.92 Å². The molecule has 16 heavy (non-hydrogen) atoms. The first-order valence-electron chi connectivity index (χ1n) is 6.71. The van der Waals surface area contributed by atoms with E-state index >= 15 is 0 Å². The maximum absolute atomic E-state index is 10.5. The normalized spacial score (nSPS) is 40.9. The molecular formula is C13H25NOS. The smallest absolute Gasteiger partial charge is 0.0771 e. The zero-order chi connectivity index (χ0) is 11.4. The van der Waals surface area contributed by atoms with Crippen LogP contribution in [0.4, 0.5) is 0 Å². The summed E-state index contributed by atoms with van der Waals surface area (Å²) in [6.07, 6.45) is 6.98. The van der Waals surface area contributed by atoms with E-state index in [1.165, 1.54) is 37.2 Å².